The summed E-state index contributed by atoms with van der Waals surface area (Å²) in [6.45, 7) is 4.47. The van der Waals surface area contributed by atoms with E-state index in [4.69, 9.17) is 9.84 Å². The van der Waals surface area contributed by atoms with Crippen molar-refractivity contribution in [2.45, 2.75) is 38.9 Å². The first-order chi connectivity index (χ1) is 7.63. The first-order valence-electron chi connectivity index (χ1n) is 5.43. The highest BCUT2D eigenvalue weighted by Gasteiger charge is 2.23. The van der Waals surface area contributed by atoms with E-state index in [0.717, 1.165) is 17.5 Å². The molecule has 0 bridgehead atoms. The Labute approximate surface area is 96.1 Å². The highest BCUT2D eigenvalue weighted by molar-refractivity contribution is 5.38. The fraction of sp³-hybridized carbons (Fsp3) is 0.462. The molecule has 88 valence electrons. The second kappa shape index (κ2) is 5.66. The van der Waals surface area contributed by atoms with Gasteiger partial charge in [-0.15, -0.1) is 0 Å². The molecule has 1 N–H and O–H groups in total. The summed E-state index contributed by atoms with van der Waals surface area (Å²) in [5.41, 5.74) is 1.55. The van der Waals surface area contributed by atoms with E-state index in [9.17, 15) is 4.79 Å². The van der Waals surface area contributed by atoms with E-state index in [-0.39, 0.29) is 6.61 Å². The largest absolute Gasteiger partial charge is 0.461 e. The fourth-order valence-corrected chi connectivity index (χ4v) is 1.56. The number of rotatable bonds is 6. The van der Waals surface area contributed by atoms with E-state index in [1.807, 2.05) is 38.1 Å². The molecule has 0 saturated carbocycles. The summed E-state index contributed by atoms with van der Waals surface area (Å²) < 4.78 is 5.11. The van der Waals surface area contributed by atoms with Crippen molar-refractivity contribution >= 4 is 6.47 Å². The van der Waals surface area contributed by atoms with Gasteiger partial charge in [0.05, 0.1) is 6.61 Å². The average Bonchev–Trinajstić information content (AvgIpc) is 2.30. The van der Waals surface area contributed by atoms with Crippen LogP contribution < -0.4 is 0 Å². The number of aliphatic hydroxyl groups is 1. The molecule has 0 aliphatic rings. The summed E-state index contributed by atoms with van der Waals surface area (Å²) in [5.74, 6) is 0. The van der Waals surface area contributed by atoms with Crippen LogP contribution in [0, 0.1) is 0 Å². The Hall–Kier alpha value is -1.35. The summed E-state index contributed by atoms with van der Waals surface area (Å²) >= 11 is 0. The third-order valence-electron chi connectivity index (χ3n) is 2.86. The van der Waals surface area contributed by atoms with Gasteiger partial charge in [-0.2, -0.15) is 0 Å². The third-order valence-corrected chi connectivity index (χ3v) is 2.86. The monoisotopic (exact) mass is 222 g/mol. The van der Waals surface area contributed by atoms with Gasteiger partial charge in [0.15, 0.2) is 0 Å². The van der Waals surface area contributed by atoms with E-state index in [2.05, 4.69) is 0 Å². The molecule has 0 amide bonds. The summed E-state index contributed by atoms with van der Waals surface area (Å²) in [6, 6.07) is 7.67. The number of hydrogen-bond acceptors (Lipinski definition) is 3. The Balaban J connectivity index is 2.73. The highest BCUT2D eigenvalue weighted by atomic mass is 16.5. The molecule has 0 radical (unpaired) electrons. The number of carbonyl (C=O) groups excluding carboxylic acids is 1. The Morgan fingerprint density at radius 2 is 1.88 bits per heavy atom. The fourth-order valence-electron chi connectivity index (χ4n) is 1.56. The van der Waals surface area contributed by atoms with Gasteiger partial charge in [0, 0.05) is 6.42 Å². The number of carbonyl (C=O) groups is 1. The Kier molecular flexibility index (Phi) is 4.50. The highest BCUT2D eigenvalue weighted by Crippen LogP contribution is 2.20. The molecular weight excluding hydrogens is 204 g/mol. The topological polar surface area (TPSA) is 46.5 Å². The molecule has 16 heavy (non-hydrogen) atoms. The first-order valence-corrected chi connectivity index (χ1v) is 5.43. The van der Waals surface area contributed by atoms with Crippen LogP contribution in [0.1, 0.15) is 31.4 Å². The molecule has 0 fully saturated rings. The molecule has 1 atom stereocenters. The zero-order valence-electron chi connectivity index (χ0n) is 9.77. The third kappa shape index (κ3) is 3.35. The van der Waals surface area contributed by atoms with Crippen molar-refractivity contribution in [2.24, 2.45) is 0 Å². The molecule has 0 aliphatic heterocycles. The molecule has 1 unspecified atom stereocenters. The minimum atomic E-state index is -0.442. The molecule has 3 heteroatoms. The van der Waals surface area contributed by atoms with Crippen LogP contribution in [0.25, 0.3) is 0 Å². The molecular formula is C13H18O3. The predicted molar refractivity (Wildman–Crippen MR) is 61.9 cm³/mol. The molecule has 1 aromatic rings. The second-order valence-electron chi connectivity index (χ2n) is 4.17. The molecule has 0 spiro atoms. The Morgan fingerprint density at radius 3 is 2.31 bits per heavy atom. The van der Waals surface area contributed by atoms with Gasteiger partial charge < -0.3 is 9.84 Å². The summed E-state index contributed by atoms with van der Waals surface area (Å²) in [6.07, 6.45) is 1.46. The second-order valence-corrected chi connectivity index (χ2v) is 4.17. The molecule has 3 nitrogen and oxygen atoms in total. The van der Waals surface area contributed by atoms with Crippen molar-refractivity contribution in [1.82, 2.24) is 0 Å². The lowest BCUT2D eigenvalue weighted by molar-refractivity contribution is -0.142. The standard InChI is InChI=1S/C13H18O3/c1-3-13(2,16-10-15)8-11-4-6-12(9-14)7-5-11/h4-7,10,14H,3,8-9H2,1-2H3. The van der Waals surface area contributed by atoms with Crippen LogP contribution in [0.3, 0.4) is 0 Å². The molecule has 0 saturated heterocycles. The van der Waals surface area contributed by atoms with Crippen molar-refractivity contribution in [3.05, 3.63) is 35.4 Å². The van der Waals surface area contributed by atoms with Crippen LogP contribution in [0.4, 0.5) is 0 Å². The van der Waals surface area contributed by atoms with Crippen molar-refractivity contribution in [1.29, 1.82) is 0 Å². The Bertz CT molecular complexity index is 332. The van der Waals surface area contributed by atoms with Gasteiger partial charge in [-0.1, -0.05) is 31.2 Å². The predicted octanol–water partition coefficient (Wildman–Crippen LogP) is 2.06. The lowest BCUT2D eigenvalue weighted by Gasteiger charge is -2.26. The van der Waals surface area contributed by atoms with E-state index >= 15 is 0 Å². The van der Waals surface area contributed by atoms with Crippen molar-refractivity contribution < 1.29 is 14.6 Å². The van der Waals surface area contributed by atoms with E-state index in [0.29, 0.717) is 12.9 Å². The van der Waals surface area contributed by atoms with Gasteiger partial charge >= 0.3 is 0 Å². The van der Waals surface area contributed by atoms with Gasteiger partial charge in [0.1, 0.15) is 5.60 Å². The van der Waals surface area contributed by atoms with Gasteiger partial charge in [-0.3, -0.25) is 4.79 Å². The van der Waals surface area contributed by atoms with Crippen LogP contribution >= 0.6 is 0 Å². The van der Waals surface area contributed by atoms with E-state index in [1.165, 1.54) is 0 Å². The average molecular weight is 222 g/mol. The molecule has 1 rings (SSSR count). The smallest absolute Gasteiger partial charge is 0.293 e. The zero-order valence-corrected chi connectivity index (χ0v) is 9.77. The van der Waals surface area contributed by atoms with Crippen LogP contribution in [0.15, 0.2) is 24.3 Å². The quantitative estimate of drug-likeness (QED) is 0.749. The van der Waals surface area contributed by atoms with Crippen molar-refractivity contribution in [3.8, 4) is 0 Å². The summed E-state index contributed by atoms with van der Waals surface area (Å²) in [7, 11) is 0. The number of benzene rings is 1. The van der Waals surface area contributed by atoms with Crippen LogP contribution in [0.2, 0.25) is 0 Å². The van der Waals surface area contributed by atoms with Gasteiger partial charge in [0.2, 0.25) is 0 Å². The van der Waals surface area contributed by atoms with Crippen molar-refractivity contribution in [2.75, 3.05) is 0 Å². The normalized spacial score (nSPS) is 14.2. The maximum Gasteiger partial charge on any atom is 0.293 e. The number of aliphatic hydroxyl groups excluding tert-OH is 1. The molecule has 1 aromatic carbocycles. The minimum absolute atomic E-state index is 0.0517. The SMILES string of the molecule is CCC(C)(Cc1ccc(CO)cc1)OC=O. The minimum Gasteiger partial charge on any atom is -0.461 e. The Morgan fingerprint density at radius 1 is 1.31 bits per heavy atom. The maximum atomic E-state index is 10.4. The van der Waals surface area contributed by atoms with Gasteiger partial charge in [-0.05, 0) is 24.5 Å². The number of ether oxygens (including phenoxy) is 1. The zero-order chi connectivity index (χ0) is 12.0. The van der Waals surface area contributed by atoms with Crippen molar-refractivity contribution in [3.63, 3.8) is 0 Å². The molecule has 0 aliphatic carbocycles. The number of hydrogen-bond donors (Lipinski definition) is 1. The molecule has 0 heterocycles. The van der Waals surface area contributed by atoms with E-state index < -0.39 is 5.60 Å². The first kappa shape index (κ1) is 12.7. The van der Waals surface area contributed by atoms with Gasteiger partial charge in [0.25, 0.3) is 6.47 Å². The van der Waals surface area contributed by atoms with Crippen LogP contribution in [-0.2, 0) is 22.6 Å². The van der Waals surface area contributed by atoms with E-state index in [1.54, 1.807) is 0 Å². The lowest BCUT2D eigenvalue weighted by Crippen LogP contribution is -2.30. The summed E-state index contributed by atoms with van der Waals surface area (Å²) in [5, 5.41) is 8.92. The van der Waals surface area contributed by atoms with Gasteiger partial charge in [-0.25, -0.2) is 0 Å². The molecule has 0 aromatic heterocycles. The maximum absolute atomic E-state index is 10.4. The summed E-state index contributed by atoms with van der Waals surface area (Å²) in [4.78, 5) is 10.4. The lowest BCUT2D eigenvalue weighted by atomic mass is 9.93. The van der Waals surface area contributed by atoms with Crippen LogP contribution in [0.5, 0.6) is 0 Å². The van der Waals surface area contributed by atoms with Crippen LogP contribution in [-0.4, -0.2) is 17.2 Å².